The highest BCUT2D eigenvalue weighted by Gasteiger charge is 2.21. The van der Waals surface area contributed by atoms with E-state index >= 15 is 0 Å². The molecule has 0 bridgehead atoms. The standard InChI is InChI=1S/C13H16BrFN2OS/c1-8(2)17(6-5-12(16)19)13(18)10-7-9(15)3-4-11(10)14/h3-4,7-8H,5-6H2,1-2H3,(H2,16,19). The van der Waals surface area contributed by atoms with Crippen molar-refractivity contribution in [3.8, 4) is 0 Å². The molecule has 0 aliphatic rings. The summed E-state index contributed by atoms with van der Waals surface area (Å²) in [4.78, 5) is 14.4. The summed E-state index contributed by atoms with van der Waals surface area (Å²) >= 11 is 8.08. The fraction of sp³-hybridized carbons (Fsp3) is 0.385. The van der Waals surface area contributed by atoms with Crippen LogP contribution in [0.4, 0.5) is 4.39 Å². The van der Waals surface area contributed by atoms with Crippen molar-refractivity contribution < 1.29 is 9.18 Å². The van der Waals surface area contributed by atoms with Crippen LogP contribution in [0.15, 0.2) is 22.7 Å². The van der Waals surface area contributed by atoms with Gasteiger partial charge in [0.1, 0.15) is 5.82 Å². The molecule has 1 amide bonds. The smallest absolute Gasteiger partial charge is 0.255 e. The van der Waals surface area contributed by atoms with E-state index < -0.39 is 5.82 Å². The molecular formula is C13H16BrFN2OS. The second-order valence-electron chi connectivity index (χ2n) is 4.43. The van der Waals surface area contributed by atoms with Crippen molar-refractivity contribution >= 4 is 39.0 Å². The van der Waals surface area contributed by atoms with Gasteiger partial charge in [-0.05, 0) is 48.0 Å². The molecule has 0 unspecified atom stereocenters. The van der Waals surface area contributed by atoms with Crippen LogP contribution in [0.2, 0.25) is 0 Å². The number of nitrogens with zero attached hydrogens (tertiary/aromatic N) is 1. The van der Waals surface area contributed by atoms with Crippen molar-refractivity contribution in [3.05, 3.63) is 34.1 Å². The van der Waals surface area contributed by atoms with Crippen LogP contribution in [-0.4, -0.2) is 28.4 Å². The van der Waals surface area contributed by atoms with E-state index in [1.54, 1.807) is 4.90 Å². The van der Waals surface area contributed by atoms with Crippen LogP contribution in [0.25, 0.3) is 0 Å². The minimum atomic E-state index is -0.440. The summed E-state index contributed by atoms with van der Waals surface area (Å²) in [5.41, 5.74) is 5.76. The Labute approximate surface area is 126 Å². The lowest BCUT2D eigenvalue weighted by Gasteiger charge is -2.27. The molecule has 0 spiro atoms. The number of hydrogen-bond donors (Lipinski definition) is 1. The van der Waals surface area contributed by atoms with Crippen molar-refractivity contribution in [1.29, 1.82) is 0 Å². The molecule has 6 heteroatoms. The fourth-order valence-electron chi connectivity index (χ4n) is 1.64. The summed E-state index contributed by atoms with van der Waals surface area (Å²) in [6.45, 7) is 4.21. The molecule has 104 valence electrons. The average Bonchev–Trinajstić information content (AvgIpc) is 2.31. The highest BCUT2D eigenvalue weighted by Crippen LogP contribution is 2.20. The number of carbonyl (C=O) groups is 1. The first-order chi connectivity index (χ1) is 8.82. The van der Waals surface area contributed by atoms with Crippen LogP contribution in [-0.2, 0) is 0 Å². The summed E-state index contributed by atoms with van der Waals surface area (Å²) in [6.07, 6.45) is 0.451. The van der Waals surface area contributed by atoms with Gasteiger partial charge < -0.3 is 10.6 Å². The largest absolute Gasteiger partial charge is 0.393 e. The van der Waals surface area contributed by atoms with Gasteiger partial charge in [0.05, 0.1) is 10.6 Å². The van der Waals surface area contributed by atoms with E-state index in [9.17, 15) is 9.18 Å². The Balaban J connectivity index is 2.99. The van der Waals surface area contributed by atoms with Crippen LogP contribution >= 0.6 is 28.1 Å². The zero-order valence-electron chi connectivity index (χ0n) is 10.8. The molecule has 1 aromatic carbocycles. The molecular weight excluding hydrogens is 331 g/mol. The van der Waals surface area contributed by atoms with Crippen LogP contribution < -0.4 is 5.73 Å². The van der Waals surface area contributed by atoms with E-state index in [0.717, 1.165) is 0 Å². The quantitative estimate of drug-likeness (QED) is 0.833. The molecule has 1 rings (SSSR count). The molecule has 0 fully saturated rings. The maximum atomic E-state index is 13.3. The summed E-state index contributed by atoms with van der Waals surface area (Å²) in [5, 5.41) is 0. The van der Waals surface area contributed by atoms with Crippen LogP contribution in [0.3, 0.4) is 0 Å². The number of rotatable bonds is 5. The van der Waals surface area contributed by atoms with Crippen molar-refractivity contribution in [2.75, 3.05) is 6.54 Å². The number of carbonyl (C=O) groups excluding carboxylic acids is 1. The Morgan fingerprint density at radius 3 is 2.68 bits per heavy atom. The first-order valence-electron chi connectivity index (χ1n) is 5.87. The highest BCUT2D eigenvalue weighted by atomic mass is 79.9. The normalized spacial score (nSPS) is 10.6. The maximum Gasteiger partial charge on any atom is 0.255 e. The third-order valence-electron chi connectivity index (χ3n) is 2.64. The van der Waals surface area contributed by atoms with Gasteiger partial charge in [0.15, 0.2) is 0 Å². The first-order valence-corrected chi connectivity index (χ1v) is 7.07. The molecule has 0 aliphatic carbocycles. The second-order valence-corrected chi connectivity index (χ2v) is 5.81. The molecule has 0 radical (unpaired) electrons. The van der Waals surface area contributed by atoms with E-state index in [1.807, 2.05) is 13.8 Å². The summed E-state index contributed by atoms with van der Waals surface area (Å²) in [5.74, 6) is -0.678. The summed E-state index contributed by atoms with van der Waals surface area (Å²) < 4.78 is 13.8. The fourth-order valence-corrected chi connectivity index (χ4v) is 2.15. The zero-order valence-corrected chi connectivity index (χ0v) is 13.2. The van der Waals surface area contributed by atoms with Crippen LogP contribution in [0, 0.1) is 5.82 Å². The van der Waals surface area contributed by atoms with Crippen molar-refractivity contribution in [2.45, 2.75) is 26.3 Å². The average molecular weight is 347 g/mol. The number of benzene rings is 1. The lowest BCUT2D eigenvalue weighted by atomic mass is 10.1. The Bertz CT molecular complexity index is 494. The van der Waals surface area contributed by atoms with Gasteiger partial charge in [-0.25, -0.2) is 4.39 Å². The Morgan fingerprint density at radius 2 is 2.16 bits per heavy atom. The Hall–Kier alpha value is -1.01. The van der Waals surface area contributed by atoms with Crippen molar-refractivity contribution in [2.24, 2.45) is 5.73 Å². The predicted octanol–water partition coefficient (Wildman–Crippen LogP) is 3.12. The number of nitrogens with two attached hydrogens (primary N) is 1. The molecule has 0 heterocycles. The lowest BCUT2D eigenvalue weighted by Crippen LogP contribution is -2.39. The van der Waals surface area contributed by atoms with E-state index in [2.05, 4.69) is 15.9 Å². The van der Waals surface area contributed by atoms with E-state index in [0.29, 0.717) is 28.0 Å². The molecule has 0 saturated heterocycles. The van der Waals surface area contributed by atoms with E-state index in [1.165, 1.54) is 18.2 Å². The minimum absolute atomic E-state index is 0.0167. The maximum absolute atomic E-state index is 13.3. The third kappa shape index (κ3) is 4.54. The van der Waals surface area contributed by atoms with Gasteiger partial charge in [0.25, 0.3) is 5.91 Å². The molecule has 0 aromatic heterocycles. The van der Waals surface area contributed by atoms with Gasteiger partial charge in [0, 0.05) is 23.5 Å². The molecule has 0 aliphatic heterocycles. The lowest BCUT2D eigenvalue weighted by molar-refractivity contribution is 0.0710. The number of thiocarbonyl (C=S) groups is 1. The van der Waals surface area contributed by atoms with Crippen LogP contribution in [0.5, 0.6) is 0 Å². The molecule has 19 heavy (non-hydrogen) atoms. The van der Waals surface area contributed by atoms with Gasteiger partial charge in [-0.2, -0.15) is 0 Å². The number of halogens is 2. The Kier molecular flexibility index (Phi) is 5.87. The number of hydrogen-bond acceptors (Lipinski definition) is 2. The van der Waals surface area contributed by atoms with Gasteiger partial charge in [-0.15, -0.1) is 0 Å². The molecule has 2 N–H and O–H groups in total. The zero-order chi connectivity index (χ0) is 14.6. The molecule has 3 nitrogen and oxygen atoms in total. The van der Waals surface area contributed by atoms with Gasteiger partial charge in [-0.1, -0.05) is 12.2 Å². The summed E-state index contributed by atoms with van der Waals surface area (Å²) in [7, 11) is 0. The van der Waals surface area contributed by atoms with E-state index in [4.69, 9.17) is 18.0 Å². The second kappa shape index (κ2) is 6.96. The van der Waals surface area contributed by atoms with Gasteiger partial charge in [-0.3, -0.25) is 4.79 Å². The number of amides is 1. The molecule has 1 aromatic rings. The predicted molar refractivity (Wildman–Crippen MR) is 81.7 cm³/mol. The minimum Gasteiger partial charge on any atom is -0.393 e. The molecule has 0 saturated carbocycles. The Morgan fingerprint density at radius 1 is 1.53 bits per heavy atom. The monoisotopic (exact) mass is 346 g/mol. The summed E-state index contributed by atoms with van der Waals surface area (Å²) in [6, 6.07) is 4.03. The van der Waals surface area contributed by atoms with Crippen molar-refractivity contribution in [1.82, 2.24) is 4.90 Å². The van der Waals surface area contributed by atoms with Crippen LogP contribution in [0.1, 0.15) is 30.6 Å². The van der Waals surface area contributed by atoms with E-state index in [-0.39, 0.29) is 11.9 Å². The first kappa shape index (κ1) is 16.0. The highest BCUT2D eigenvalue weighted by molar-refractivity contribution is 9.10. The SMILES string of the molecule is CC(C)N(CCC(N)=S)C(=O)c1cc(F)ccc1Br. The third-order valence-corrected chi connectivity index (χ3v) is 3.54. The van der Waals surface area contributed by atoms with Gasteiger partial charge in [0.2, 0.25) is 0 Å². The molecule has 0 atom stereocenters. The van der Waals surface area contributed by atoms with Gasteiger partial charge >= 0.3 is 0 Å². The van der Waals surface area contributed by atoms with Crippen molar-refractivity contribution in [3.63, 3.8) is 0 Å². The topological polar surface area (TPSA) is 46.3 Å².